The molecular formula is C17H18N2S. The third-order valence-electron chi connectivity index (χ3n) is 3.56. The molecule has 0 aliphatic carbocycles. The van der Waals surface area contributed by atoms with Gasteiger partial charge in [-0.1, -0.05) is 25.1 Å². The average Bonchev–Trinajstić information content (AvgIpc) is 2.99. The summed E-state index contributed by atoms with van der Waals surface area (Å²) in [6.45, 7) is 3.13. The van der Waals surface area contributed by atoms with Crippen molar-refractivity contribution in [3.63, 3.8) is 0 Å². The molecule has 1 N–H and O–H groups in total. The van der Waals surface area contributed by atoms with Crippen LogP contribution in [0.4, 0.5) is 0 Å². The summed E-state index contributed by atoms with van der Waals surface area (Å²) in [6.07, 6.45) is 4.84. The van der Waals surface area contributed by atoms with E-state index in [1.165, 1.54) is 21.9 Å². The van der Waals surface area contributed by atoms with Gasteiger partial charge in [-0.2, -0.15) is 11.3 Å². The first kappa shape index (κ1) is 13.3. The molecule has 3 aromatic rings. The predicted molar refractivity (Wildman–Crippen MR) is 86.2 cm³/mol. The summed E-state index contributed by atoms with van der Waals surface area (Å²) in [4.78, 5) is 4.22. The van der Waals surface area contributed by atoms with E-state index in [2.05, 4.69) is 58.3 Å². The van der Waals surface area contributed by atoms with Gasteiger partial charge in [-0.25, -0.2) is 0 Å². The van der Waals surface area contributed by atoms with E-state index in [9.17, 15) is 0 Å². The van der Waals surface area contributed by atoms with Crippen LogP contribution in [0, 0.1) is 0 Å². The lowest BCUT2D eigenvalue weighted by molar-refractivity contribution is 0.554. The van der Waals surface area contributed by atoms with E-state index < -0.39 is 0 Å². The monoisotopic (exact) mass is 282 g/mol. The SMILES string of the molecule is CCNC(Cc1ccsc1)c1cccc2cnccc12. The summed E-state index contributed by atoms with van der Waals surface area (Å²) in [5.41, 5.74) is 2.75. The van der Waals surface area contributed by atoms with Gasteiger partial charge in [0.25, 0.3) is 0 Å². The van der Waals surface area contributed by atoms with Crippen LogP contribution in [0.2, 0.25) is 0 Å². The number of pyridine rings is 1. The zero-order valence-electron chi connectivity index (χ0n) is 11.5. The van der Waals surface area contributed by atoms with Crippen LogP contribution in [-0.2, 0) is 6.42 Å². The first-order valence-corrected chi connectivity index (χ1v) is 7.90. The maximum absolute atomic E-state index is 4.22. The van der Waals surface area contributed by atoms with E-state index in [-0.39, 0.29) is 0 Å². The molecule has 3 heteroatoms. The second kappa shape index (κ2) is 6.16. The molecule has 0 bridgehead atoms. The number of aromatic nitrogens is 1. The summed E-state index contributed by atoms with van der Waals surface area (Å²) < 4.78 is 0. The number of nitrogens with one attached hydrogen (secondary N) is 1. The van der Waals surface area contributed by atoms with Gasteiger partial charge in [0, 0.05) is 23.8 Å². The first-order chi connectivity index (χ1) is 9.88. The van der Waals surface area contributed by atoms with Gasteiger partial charge in [0.05, 0.1) is 0 Å². The highest BCUT2D eigenvalue weighted by atomic mass is 32.1. The van der Waals surface area contributed by atoms with E-state index in [1.54, 1.807) is 11.3 Å². The van der Waals surface area contributed by atoms with Crippen LogP contribution in [0.15, 0.2) is 53.5 Å². The smallest absolute Gasteiger partial charge is 0.0367 e. The highest BCUT2D eigenvalue weighted by molar-refractivity contribution is 7.07. The zero-order chi connectivity index (χ0) is 13.8. The van der Waals surface area contributed by atoms with E-state index in [0.29, 0.717) is 6.04 Å². The minimum Gasteiger partial charge on any atom is -0.310 e. The van der Waals surface area contributed by atoms with Crippen molar-refractivity contribution in [1.29, 1.82) is 0 Å². The lowest BCUT2D eigenvalue weighted by Gasteiger charge is -2.19. The molecule has 1 unspecified atom stereocenters. The molecule has 0 fully saturated rings. The molecule has 0 saturated heterocycles. The number of nitrogens with zero attached hydrogens (tertiary/aromatic N) is 1. The molecule has 2 heterocycles. The van der Waals surface area contributed by atoms with Gasteiger partial charge >= 0.3 is 0 Å². The van der Waals surface area contributed by atoms with E-state index >= 15 is 0 Å². The number of hydrogen-bond acceptors (Lipinski definition) is 3. The Morgan fingerprint density at radius 1 is 1.25 bits per heavy atom. The van der Waals surface area contributed by atoms with Crippen LogP contribution in [0.5, 0.6) is 0 Å². The third-order valence-corrected chi connectivity index (χ3v) is 4.29. The fourth-order valence-corrected chi connectivity index (χ4v) is 3.32. The molecule has 0 radical (unpaired) electrons. The minimum absolute atomic E-state index is 0.348. The summed E-state index contributed by atoms with van der Waals surface area (Å²) in [5.74, 6) is 0. The van der Waals surface area contributed by atoms with Crippen molar-refractivity contribution < 1.29 is 0 Å². The Hall–Kier alpha value is -1.71. The van der Waals surface area contributed by atoms with Crippen LogP contribution >= 0.6 is 11.3 Å². The number of benzene rings is 1. The summed E-state index contributed by atoms with van der Waals surface area (Å²) in [6, 6.07) is 11.1. The van der Waals surface area contributed by atoms with Crippen LogP contribution in [0.1, 0.15) is 24.1 Å². The Balaban J connectivity index is 2.00. The lowest BCUT2D eigenvalue weighted by Crippen LogP contribution is -2.23. The second-order valence-corrected chi connectivity index (χ2v) is 5.67. The molecular weight excluding hydrogens is 264 g/mol. The van der Waals surface area contributed by atoms with Gasteiger partial charge in [-0.15, -0.1) is 0 Å². The maximum Gasteiger partial charge on any atom is 0.0367 e. The van der Waals surface area contributed by atoms with Crippen LogP contribution in [0.3, 0.4) is 0 Å². The molecule has 0 spiro atoms. The average molecular weight is 282 g/mol. The topological polar surface area (TPSA) is 24.9 Å². The Kier molecular flexibility index (Phi) is 4.09. The van der Waals surface area contributed by atoms with Crippen LogP contribution in [0.25, 0.3) is 10.8 Å². The van der Waals surface area contributed by atoms with Gasteiger partial charge in [-0.3, -0.25) is 4.98 Å². The maximum atomic E-state index is 4.22. The van der Waals surface area contributed by atoms with Crippen molar-refractivity contribution >= 4 is 22.1 Å². The van der Waals surface area contributed by atoms with Crippen molar-refractivity contribution in [1.82, 2.24) is 10.3 Å². The van der Waals surface area contributed by atoms with Gasteiger partial charge < -0.3 is 5.32 Å². The Morgan fingerprint density at radius 2 is 2.20 bits per heavy atom. The number of hydrogen-bond donors (Lipinski definition) is 1. The van der Waals surface area contributed by atoms with Gasteiger partial charge in [-0.05, 0) is 52.4 Å². The zero-order valence-corrected chi connectivity index (χ0v) is 12.4. The largest absolute Gasteiger partial charge is 0.310 e. The molecule has 0 aliphatic rings. The van der Waals surface area contributed by atoms with Crippen LogP contribution < -0.4 is 5.32 Å². The number of rotatable bonds is 5. The fourth-order valence-electron chi connectivity index (χ4n) is 2.63. The molecule has 20 heavy (non-hydrogen) atoms. The molecule has 1 aromatic carbocycles. The Morgan fingerprint density at radius 3 is 3.00 bits per heavy atom. The third kappa shape index (κ3) is 2.74. The minimum atomic E-state index is 0.348. The fraction of sp³-hybridized carbons (Fsp3) is 0.235. The predicted octanol–water partition coefficient (Wildman–Crippen LogP) is 4.19. The molecule has 2 aromatic heterocycles. The molecule has 2 nitrogen and oxygen atoms in total. The molecule has 3 rings (SSSR count). The van der Waals surface area contributed by atoms with Gasteiger partial charge in [0.2, 0.25) is 0 Å². The quantitative estimate of drug-likeness (QED) is 0.759. The lowest BCUT2D eigenvalue weighted by atomic mass is 9.96. The van der Waals surface area contributed by atoms with Crippen molar-refractivity contribution in [3.05, 3.63) is 64.6 Å². The van der Waals surface area contributed by atoms with Gasteiger partial charge in [0.1, 0.15) is 0 Å². The summed E-state index contributed by atoms with van der Waals surface area (Å²) >= 11 is 1.76. The summed E-state index contributed by atoms with van der Waals surface area (Å²) in [5, 5.41) is 10.5. The number of fused-ring (bicyclic) bond motifs is 1. The molecule has 0 aliphatic heterocycles. The molecule has 102 valence electrons. The Bertz CT molecular complexity index is 671. The summed E-state index contributed by atoms with van der Waals surface area (Å²) in [7, 11) is 0. The van der Waals surface area contributed by atoms with Crippen molar-refractivity contribution in [3.8, 4) is 0 Å². The van der Waals surface area contributed by atoms with Crippen molar-refractivity contribution in [2.75, 3.05) is 6.54 Å². The van der Waals surface area contributed by atoms with Crippen molar-refractivity contribution in [2.24, 2.45) is 0 Å². The molecule has 0 saturated carbocycles. The standard InChI is InChI=1S/C17H18N2S/c1-2-19-17(10-13-7-9-20-12-13)16-5-3-4-14-11-18-8-6-15(14)16/h3-9,11-12,17,19H,2,10H2,1H3. The first-order valence-electron chi connectivity index (χ1n) is 6.95. The van der Waals surface area contributed by atoms with Gasteiger partial charge in [0.15, 0.2) is 0 Å². The van der Waals surface area contributed by atoms with E-state index in [1.807, 2.05) is 12.4 Å². The Labute approximate surface area is 123 Å². The van der Waals surface area contributed by atoms with Crippen molar-refractivity contribution in [2.45, 2.75) is 19.4 Å². The number of thiophene rings is 1. The van der Waals surface area contributed by atoms with E-state index in [4.69, 9.17) is 0 Å². The second-order valence-electron chi connectivity index (χ2n) is 4.89. The van der Waals surface area contributed by atoms with E-state index in [0.717, 1.165) is 13.0 Å². The normalized spacial score (nSPS) is 12.7. The highest BCUT2D eigenvalue weighted by Gasteiger charge is 2.14. The molecule has 0 amide bonds. The van der Waals surface area contributed by atoms with Crippen LogP contribution in [-0.4, -0.2) is 11.5 Å². The highest BCUT2D eigenvalue weighted by Crippen LogP contribution is 2.26. The molecule has 1 atom stereocenters. The number of likely N-dealkylation sites (N-methyl/N-ethyl adjacent to an activating group) is 1.